The molecule has 0 saturated carbocycles. The molecule has 110 valence electrons. The molecule has 0 bridgehead atoms. The van der Waals surface area contributed by atoms with Crippen molar-refractivity contribution in [3.63, 3.8) is 0 Å². The van der Waals surface area contributed by atoms with Crippen molar-refractivity contribution in [1.82, 2.24) is 4.90 Å². The van der Waals surface area contributed by atoms with Crippen LogP contribution < -0.4 is 4.74 Å². The summed E-state index contributed by atoms with van der Waals surface area (Å²) in [7, 11) is 0. The summed E-state index contributed by atoms with van der Waals surface area (Å²) in [6.07, 6.45) is 1.48. The van der Waals surface area contributed by atoms with Gasteiger partial charge in [0, 0.05) is 12.6 Å². The number of hydrogen-bond donors (Lipinski definition) is 1. The second-order valence-electron chi connectivity index (χ2n) is 5.46. The highest BCUT2D eigenvalue weighted by Crippen LogP contribution is 2.25. The predicted molar refractivity (Wildman–Crippen MR) is 77.8 cm³/mol. The van der Waals surface area contributed by atoms with Crippen molar-refractivity contribution in [1.29, 1.82) is 0 Å². The third-order valence-electron chi connectivity index (χ3n) is 3.96. The number of nitrogens with zero attached hydrogens (tertiary/aromatic N) is 1. The lowest BCUT2D eigenvalue weighted by Crippen LogP contribution is -2.42. The van der Waals surface area contributed by atoms with Crippen molar-refractivity contribution in [3.05, 3.63) is 29.8 Å². The maximum Gasteiger partial charge on any atom is 0.306 e. The van der Waals surface area contributed by atoms with Crippen LogP contribution in [0.1, 0.15) is 32.3 Å². The molecule has 1 aromatic carbocycles. The first-order chi connectivity index (χ1) is 9.60. The van der Waals surface area contributed by atoms with E-state index in [-0.39, 0.29) is 5.92 Å². The number of carboxylic acids is 1. The molecular weight excluding hydrogens is 254 g/mol. The zero-order valence-electron chi connectivity index (χ0n) is 12.2. The van der Waals surface area contributed by atoms with Gasteiger partial charge < -0.3 is 9.84 Å². The molecule has 1 saturated heterocycles. The molecule has 0 aromatic heterocycles. The van der Waals surface area contributed by atoms with Crippen LogP contribution in [0.15, 0.2) is 24.3 Å². The molecule has 0 spiro atoms. The van der Waals surface area contributed by atoms with Crippen LogP contribution in [0.2, 0.25) is 0 Å². The Bertz CT molecular complexity index is 461. The third kappa shape index (κ3) is 3.73. The second kappa shape index (κ2) is 6.75. The minimum Gasteiger partial charge on any atom is -0.494 e. The number of ether oxygens (including phenoxy) is 1. The molecule has 1 heterocycles. The maximum absolute atomic E-state index is 11.0. The molecule has 2 atom stereocenters. The fourth-order valence-electron chi connectivity index (χ4n) is 2.81. The van der Waals surface area contributed by atoms with Gasteiger partial charge in [-0.25, -0.2) is 0 Å². The van der Waals surface area contributed by atoms with Crippen molar-refractivity contribution < 1.29 is 14.6 Å². The first-order valence-electron chi connectivity index (χ1n) is 7.28. The largest absolute Gasteiger partial charge is 0.494 e. The molecule has 4 heteroatoms. The lowest BCUT2D eigenvalue weighted by Gasteiger charge is -2.36. The van der Waals surface area contributed by atoms with Gasteiger partial charge in [-0.3, -0.25) is 9.69 Å². The van der Waals surface area contributed by atoms with E-state index in [1.165, 1.54) is 5.56 Å². The van der Waals surface area contributed by atoms with E-state index in [0.29, 0.717) is 12.6 Å². The Morgan fingerprint density at radius 3 is 2.95 bits per heavy atom. The quantitative estimate of drug-likeness (QED) is 0.899. The van der Waals surface area contributed by atoms with Crippen molar-refractivity contribution in [2.75, 3.05) is 13.2 Å². The number of carbonyl (C=O) groups is 1. The van der Waals surface area contributed by atoms with Gasteiger partial charge in [-0.05, 0) is 50.9 Å². The molecule has 1 N–H and O–H groups in total. The van der Waals surface area contributed by atoms with Gasteiger partial charge in [0.15, 0.2) is 0 Å². The number of rotatable bonds is 5. The molecule has 0 amide bonds. The average Bonchev–Trinajstić information content (AvgIpc) is 2.42. The summed E-state index contributed by atoms with van der Waals surface area (Å²) >= 11 is 0. The molecule has 1 fully saturated rings. The fraction of sp³-hybridized carbons (Fsp3) is 0.562. The van der Waals surface area contributed by atoms with Gasteiger partial charge in [0.2, 0.25) is 0 Å². The molecular formula is C16H23NO3. The Balaban J connectivity index is 1.96. The molecule has 4 nitrogen and oxygen atoms in total. The number of hydrogen-bond acceptors (Lipinski definition) is 3. The monoisotopic (exact) mass is 277 g/mol. The average molecular weight is 277 g/mol. The van der Waals surface area contributed by atoms with E-state index in [9.17, 15) is 4.79 Å². The first-order valence-corrected chi connectivity index (χ1v) is 7.28. The van der Waals surface area contributed by atoms with Crippen LogP contribution in [0.3, 0.4) is 0 Å². The summed E-state index contributed by atoms with van der Waals surface area (Å²) in [6, 6.07) is 8.45. The number of carboxylic acid groups (broad SMARTS) is 1. The van der Waals surface area contributed by atoms with Gasteiger partial charge >= 0.3 is 5.97 Å². The van der Waals surface area contributed by atoms with Gasteiger partial charge in [0.25, 0.3) is 0 Å². The number of likely N-dealkylation sites (tertiary alicyclic amines) is 1. The van der Waals surface area contributed by atoms with Crippen LogP contribution >= 0.6 is 0 Å². The third-order valence-corrected chi connectivity index (χ3v) is 3.96. The van der Waals surface area contributed by atoms with E-state index < -0.39 is 5.97 Å². The molecule has 1 aliphatic heterocycles. The first kappa shape index (κ1) is 14.9. The van der Waals surface area contributed by atoms with Gasteiger partial charge in [0.05, 0.1) is 12.5 Å². The van der Waals surface area contributed by atoms with E-state index in [1.807, 2.05) is 19.1 Å². The smallest absolute Gasteiger partial charge is 0.306 e. The summed E-state index contributed by atoms with van der Waals surface area (Å²) in [5.41, 5.74) is 1.22. The highest BCUT2D eigenvalue weighted by molar-refractivity contribution is 5.70. The molecule has 2 rings (SSSR count). The Hall–Kier alpha value is -1.55. The van der Waals surface area contributed by atoms with Gasteiger partial charge in [-0.2, -0.15) is 0 Å². The number of piperidine rings is 1. The summed E-state index contributed by atoms with van der Waals surface area (Å²) in [5.74, 6) is 0.0592. The highest BCUT2D eigenvalue weighted by Gasteiger charge is 2.29. The van der Waals surface area contributed by atoms with E-state index in [1.54, 1.807) is 0 Å². The van der Waals surface area contributed by atoms with Crippen LogP contribution in [-0.4, -0.2) is 35.2 Å². The molecule has 0 radical (unpaired) electrons. The van der Waals surface area contributed by atoms with E-state index >= 15 is 0 Å². The lowest BCUT2D eigenvalue weighted by atomic mass is 9.91. The van der Waals surface area contributed by atoms with Gasteiger partial charge in [-0.1, -0.05) is 12.1 Å². The minimum atomic E-state index is -0.658. The Morgan fingerprint density at radius 1 is 1.50 bits per heavy atom. The summed E-state index contributed by atoms with van der Waals surface area (Å²) < 4.78 is 5.51. The molecule has 1 aromatic rings. The SMILES string of the molecule is CCOc1cccc(CN2CCC(C(=O)O)CC2C)c1. The molecule has 2 unspecified atom stereocenters. The topological polar surface area (TPSA) is 49.8 Å². The van der Waals surface area contributed by atoms with Crippen LogP contribution in [0.5, 0.6) is 5.75 Å². The maximum atomic E-state index is 11.0. The van der Waals surface area contributed by atoms with E-state index in [0.717, 1.165) is 31.7 Å². The van der Waals surface area contributed by atoms with Crippen LogP contribution in [0.4, 0.5) is 0 Å². The zero-order chi connectivity index (χ0) is 14.5. The number of aliphatic carboxylic acids is 1. The van der Waals surface area contributed by atoms with Crippen molar-refractivity contribution in [2.24, 2.45) is 5.92 Å². The second-order valence-corrected chi connectivity index (χ2v) is 5.46. The molecule has 1 aliphatic rings. The Morgan fingerprint density at radius 2 is 2.30 bits per heavy atom. The zero-order valence-corrected chi connectivity index (χ0v) is 12.2. The Kier molecular flexibility index (Phi) is 5.01. The lowest BCUT2D eigenvalue weighted by molar-refractivity contribution is -0.144. The number of benzene rings is 1. The van der Waals surface area contributed by atoms with Crippen molar-refractivity contribution in [3.8, 4) is 5.75 Å². The highest BCUT2D eigenvalue weighted by atomic mass is 16.5. The van der Waals surface area contributed by atoms with Crippen molar-refractivity contribution in [2.45, 2.75) is 39.3 Å². The summed E-state index contributed by atoms with van der Waals surface area (Å²) in [6.45, 7) is 6.46. The van der Waals surface area contributed by atoms with Crippen LogP contribution in [0, 0.1) is 5.92 Å². The van der Waals surface area contributed by atoms with Gasteiger partial charge in [-0.15, -0.1) is 0 Å². The van der Waals surface area contributed by atoms with E-state index in [4.69, 9.17) is 9.84 Å². The fourth-order valence-corrected chi connectivity index (χ4v) is 2.81. The van der Waals surface area contributed by atoms with Crippen LogP contribution in [0.25, 0.3) is 0 Å². The standard InChI is InChI=1S/C16H23NO3/c1-3-20-15-6-4-5-13(10-15)11-17-8-7-14(16(18)19)9-12(17)2/h4-6,10,12,14H,3,7-9,11H2,1-2H3,(H,18,19). The Labute approximate surface area is 120 Å². The van der Waals surface area contributed by atoms with E-state index in [2.05, 4.69) is 24.0 Å². The normalized spacial score (nSPS) is 23.5. The van der Waals surface area contributed by atoms with Crippen LogP contribution in [-0.2, 0) is 11.3 Å². The molecule has 0 aliphatic carbocycles. The van der Waals surface area contributed by atoms with Crippen molar-refractivity contribution >= 4 is 5.97 Å². The summed E-state index contributed by atoms with van der Waals surface area (Å²) in [4.78, 5) is 13.4. The summed E-state index contributed by atoms with van der Waals surface area (Å²) in [5, 5.41) is 9.09. The minimum absolute atomic E-state index is 0.184. The molecule has 20 heavy (non-hydrogen) atoms. The van der Waals surface area contributed by atoms with Gasteiger partial charge in [0.1, 0.15) is 5.75 Å². The predicted octanol–water partition coefficient (Wildman–Crippen LogP) is 2.77.